The Morgan fingerprint density at radius 3 is 2.55 bits per heavy atom. The van der Waals surface area contributed by atoms with Gasteiger partial charge in [0.25, 0.3) is 5.91 Å². The third kappa shape index (κ3) is 4.05. The molecule has 0 unspecified atom stereocenters. The minimum Gasteiger partial charge on any atom is -0.482 e. The number of nitrogens with one attached hydrogen (secondary N) is 1. The van der Waals surface area contributed by atoms with Crippen LogP contribution in [0.5, 0.6) is 5.75 Å². The largest absolute Gasteiger partial charge is 0.482 e. The lowest BCUT2D eigenvalue weighted by molar-refractivity contribution is -0.118. The standard InChI is InChI=1S/C14H12Cl2N2O2/c15-9-1-4-11(5-2-9)18-14(19)8-20-13-7-10(17)3-6-12(13)16/h1-7H,8,17H2,(H,18,19). The van der Waals surface area contributed by atoms with Crippen LogP contribution < -0.4 is 15.8 Å². The molecule has 0 radical (unpaired) electrons. The second kappa shape index (κ2) is 6.50. The topological polar surface area (TPSA) is 64.3 Å². The molecule has 0 aliphatic heterocycles. The third-order valence-corrected chi connectivity index (χ3v) is 3.01. The summed E-state index contributed by atoms with van der Waals surface area (Å²) in [6.07, 6.45) is 0. The number of carbonyl (C=O) groups is 1. The third-order valence-electron chi connectivity index (χ3n) is 2.44. The number of carbonyl (C=O) groups excluding carboxylic acids is 1. The minimum atomic E-state index is -0.300. The zero-order valence-electron chi connectivity index (χ0n) is 10.4. The smallest absolute Gasteiger partial charge is 0.262 e. The van der Waals surface area contributed by atoms with Crippen LogP contribution in [0.2, 0.25) is 10.0 Å². The molecule has 0 saturated heterocycles. The number of amides is 1. The fraction of sp³-hybridized carbons (Fsp3) is 0.0714. The van der Waals surface area contributed by atoms with Crippen LogP contribution in [-0.2, 0) is 4.79 Å². The Kier molecular flexibility index (Phi) is 4.71. The molecule has 0 aliphatic rings. The summed E-state index contributed by atoms with van der Waals surface area (Å²) in [5.74, 6) is 0.0729. The molecule has 3 N–H and O–H groups in total. The van der Waals surface area contributed by atoms with Gasteiger partial charge in [-0.15, -0.1) is 0 Å². The molecule has 0 bridgehead atoms. The van der Waals surface area contributed by atoms with Crippen LogP contribution in [0.4, 0.5) is 11.4 Å². The molecule has 1 amide bonds. The highest BCUT2D eigenvalue weighted by Gasteiger charge is 2.07. The molecule has 4 nitrogen and oxygen atoms in total. The Morgan fingerprint density at radius 2 is 1.85 bits per heavy atom. The Balaban J connectivity index is 1.92. The van der Waals surface area contributed by atoms with E-state index in [0.717, 1.165) is 0 Å². The average Bonchev–Trinajstić information content (AvgIpc) is 2.42. The van der Waals surface area contributed by atoms with Gasteiger partial charge in [0.15, 0.2) is 6.61 Å². The van der Waals surface area contributed by atoms with Crippen molar-refractivity contribution in [3.63, 3.8) is 0 Å². The van der Waals surface area contributed by atoms with E-state index in [9.17, 15) is 4.79 Å². The Bertz CT molecular complexity index is 615. The van der Waals surface area contributed by atoms with Crippen LogP contribution in [-0.4, -0.2) is 12.5 Å². The molecule has 0 spiro atoms. The first kappa shape index (κ1) is 14.5. The summed E-state index contributed by atoms with van der Waals surface area (Å²) >= 11 is 11.7. The number of hydrogen-bond donors (Lipinski definition) is 2. The van der Waals surface area contributed by atoms with Gasteiger partial charge in [-0.2, -0.15) is 0 Å². The fourth-order valence-electron chi connectivity index (χ4n) is 1.50. The van der Waals surface area contributed by atoms with E-state index in [1.807, 2.05) is 0 Å². The summed E-state index contributed by atoms with van der Waals surface area (Å²) in [4.78, 5) is 11.7. The highest BCUT2D eigenvalue weighted by Crippen LogP contribution is 2.26. The van der Waals surface area contributed by atoms with Crippen LogP contribution in [0, 0.1) is 0 Å². The van der Waals surface area contributed by atoms with Gasteiger partial charge in [0.1, 0.15) is 5.75 Å². The van der Waals surface area contributed by atoms with Gasteiger partial charge < -0.3 is 15.8 Å². The van der Waals surface area contributed by atoms with Crippen molar-refractivity contribution in [3.05, 3.63) is 52.5 Å². The van der Waals surface area contributed by atoms with Gasteiger partial charge in [-0.1, -0.05) is 23.2 Å². The minimum absolute atomic E-state index is 0.161. The maximum Gasteiger partial charge on any atom is 0.262 e. The molecular weight excluding hydrogens is 299 g/mol. The van der Waals surface area contributed by atoms with E-state index in [2.05, 4.69) is 5.32 Å². The molecule has 0 fully saturated rings. The lowest BCUT2D eigenvalue weighted by Crippen LogP contribution is -2.20. The summed E-state index contributed by atoms with van der Waals surface area (Å²) in [5.41, 5.74) is 6.78. The van der Waals surface area contributed by atoms with Crippen LogP contribution >= 0.6 is 23.2 Å². The SMILES string of the molecule is Nc1ccc(Cl)c(OCC(=O)Nc2ccc(Cl)cc2)c1. The molecule has 0 heterocycles. The summed E-state index contributed by atoms with van der Waals surface area (Å²) in [6.45, 7) is -0.161. The number of hydrogen-bond acceptors (Lipinski definition) is 3. The maximum atomic E-state index is 11.7. The van der Waals surface area contributed by atoms with Crippen LogP contribution in [0.25, 0.3) is 0 Å². The number of rotatable bonds is 4. The number of anilines is 2. The zero-order valence-corrected chi connectivity index (χ0v) is 11.9. The number of nitrogen functional groups attached to an aromatic ring is 1. The van der Waals surface area contributed by atoms with Gasteiger partial charge >= 0.3 is 0 Å². The van der Waals surface area contributed by atoms with E-state index in [1.54, 1.807) is 42.5 Å². The molecule has 6 heteroatoms. The Hall–Kier alpha value is -1.91. The van der Waals surface area contributed by atoms with Crippen molar-refractivity contribution in [2.75, 3.05) is 17.7 Å². The lowest BCUT2D eigenvalue weighted by atomic mass is 10.3. The first-order valence-electron chi connectivity index (χ1n) is 5.78. The van der Waals surface area contributed by atoms with E-state index >= 15 is 0 Å². The van der Waals surface area contributed by atoms with Gasteiger partial charge in [-0.3, -0.25) is 4.79 Å². The zero-order chi connectivity index (χ0) is 14.5. The van der Waals surface area contributed by atoms with Crippen molar-refractivity contribution in [2.45, 2.75) is 0 Å². The van der Waals surface area contributed by atoms with Crippen molar-refractivity contribution in [1.82, 2.24) is 0 Å². The van der Waals surface area contributed by atoms with E-state index < -0.39 is 0 Å². The number of nitrogens with two attached hydrogens (primary N) is 1. The molecule has 0 atom stereocenters. The van der Waals surface area contributed by atoms with Crippen molar-refractivity contribution >= 4 is 40.5 Å². The predicted molar refractivity (Wildman–Crippen MR) is 81.4 cm³/mol. The Labute approximate surface area is 126 Å². The van der Waals surface area contributed by atoms with E-state index in [1.165, 1.54) is 0 Å². The summed E-state index contributed by atoms with van der Waals surface area (Å²) in [6, 6.07) is 11.6. The highest BCUT2D eigenvalue weighted by molar-refractivity contribution is 6.32. The molecule has 2 aromatic carbocycles. The van der Waals surface area contributed by atoms with Gasteiger partial charge in [0, 0.05) is 22.5 Å². The van der Waals surface area contributed by atoms with Crippen molar-refractivity contribution in [3.8, 4) is 5.75 Å². The number of benzene rings is 2. The summed E-state index contributed by atoms with van der Waals surface area (Å²) < 4.78 is 5.33. The molecule has 104 valence electrons. The van der Waals surface area contributed by atoms with Gasteiger partial charge in [-0.25, -0.2) is 0 Å². The molecule has 2 aromatic rings. The lowest BCUT2D eigenvalue weighted by Gasteiger charge is -2.09. The molecular formula is C14H12Cl2N2O2. The van der Waals surface area contributed by atoms with Gasteiger partial charge in [0.2, 0.25) is 0 Å². The normalized spacial score (nSPS) is 10.1. The second-order valence-corrected chi connectivity index (χ2v) is 4.88. The van der Waals surface area contributed by atoms with Crippen LogP contribution in [0.15, 0.2) is 42.5 Å². The molecule has 0 saturated carbocycles. The van der Waals surface area contributed by atoms with Crippen LogP contribution in [0.1, 0.15) is 0 Å². The van der Waals surface area contributed by atoms with Crippen molar-refractivity contribution < 1.29 is 9.53 Å². The molecule has 0 aromatic heterocycles. The van der Waals surface area contributed by atoms with Gasteiger partial charge in [0.05, 0.1) is 5.02 Å². The van der Waals surface area contributed by atoms with Crippen LogP contribution in [0.3, 0.4) is 0 Å². The predicted octanol–water partition coefficient (Wildman–Crippen LogP) is 3.59. The van der Waals surface area contributed by atoms with E-state index in [0.29, 0.717) is 27.2 Å². The molecule has 0 aliphatic carbocycles. The summed E-state index contributed by atoms with van der Waals surface area (Å²) in [5, 5.41) is 3.68. The number of ether oxygens (including phenoxy) is 1. The van der Waals surface area contributed by atoms with Crippen molar-refractivity contribution in [2.24, 2.45) is 0 Å². The fourth-order valence-corrected chi connectivity index (χ4v) is 1.80. The summed E-state index contributed by atoms with van der Waals surface area (Å²) in [7, 11) is 0. The van der Waals surface area contributed by atoms with E-state index in [-0.39, 0.29) is 12.5 Å². The monoisotopic (exact) mass is 310 g/mol. The second-order valence-electron chi connectivity index (χ2n) is 4.03. The van der Waals surface area contributed by atoms with Crippen molar-refractivity contribution in [1.29, 1.82) is 0 Å². The quantitative estimate of drug-likeness (QED) is 0.848. The highest BCUT2D eigenvalue weighted by atomic mass is 35.5. The van der Waals surface area contributed by atoms with E-state index in [4.69, 9.17) is 33.7 Å². The average molecular weight is 311 g/mol. The van der Waals surface area contributed by atoms with Gasteiger partial charge in [-0.05, 0) is 36.4 Å². The molecule has 20 heavy (non-hydrogen) atoms. The first-order chi connectivity index (χ1) is 9.54. The Morgan fingerprint density at radius 1 is 1.15 bits per heavy atom. The first-order valence-corrected chi connectivity index (χ1v) is 6.53. The molecule has 2 rings (SSSR count). The maximum absolute atomic E-state index is 11.7. The number of halogens is 2.